The number of benzene rings is 1. The molecule has 0 saturated heterocycles. The zero-order valence-electron chi connectivity index (χ0n) is 19.2. The molecule has 0 bridgehead atoms. The summed E-state index contributed by atoms with van der Waals surface area (Å²) >= 11 is 6.55. The summed E-state index contributed by atoms with van der Waals surface area (Å²) in [5.74, 6) is -0.0599. The number of fused-ring (bicyclic) bond motifs is 1. The molecule has 34 heavy (non-hydrogen) atoms. The van der Waals surface area contributed by atoms with Gasteiger partial charge in [0.05, 0.1) is 33.7 Å². The van der Waals surface area contributed by atoms with E-state index in [1.807, 2.05) is 25.1 Å². The van der Waals surface area contributed by atoms with Crippen LogP contribution in [0.3, 0.4) is 0 Å². The molecule has 1 aromatic carbocycles. The normalized spacial score (nSPS) is 12.5. The number of nitrogens with one attached hydrogen (secondary N) is 1. The van der Waals surface area contributed by atoms with Gasteiger partial charge in [0.1, 0.15) is 11.4 Å². The van der Waals surface area contributed by atoms with Crippen LogP contribution in [-0.2, 0) is 5.60 Å². The molecule has 8 heteroatoms. The highest BCUT2D eigenvalue weighted by Gasteiger charge is 2.21. The molecule has 0 aliphatic carbocycles. The third-order valence-electron chi connectivity index (χ3n) is 5.51. The molecular formula is C26H25ClFN5O. The van der Waals surface area contributed by atoms with E-state index in [9.17, 15) is 9.50 Å². The lowest BCUT2D eigenvalue weighted by molar-refractivity contribution is 0.0687. The summed E-state index contributed by atoms with van der Waals surface area (Å²) in [5, 5.41) is 14.7. The highest BCUT2D eigenvalue weighted by molar-refractivity contribution is 6.34. The molecule has 1 atom stereocenters. The highest BCUT2D eigenvalue weighted by atomic mass is 35.5. The number of nitrogens with zero attached hydrogens (tertiary/aromatic N) is 4. The van der Waals surface area contributed by atoms with E-state index in [-0.39, 0.29) is 0 Å². The van der Waals surface area contributed by atoms with Crippen molar-refractivity contribution in [3.8, 4) is 11.1 Å². The Labute approximate surface area is 202 Å². The SMILES string of the molecule is C=Cc1ccc(F)c(C(CC)Nc2c(Cl)cnc3ccc(-c4cnc(C(C)(C)O)nc4)cc23)n1. The Morgan fingerprint density at radius 3 is 2.50 bits per heavy atom. The Balaban J connectivity index is 1.77. The molecule has 6 nitrogen and oxygen atoms in total. The van der Waals surface area contributed by atoms with Crippen LogP contribution < -0.4 is 5.32 Å². The van der Waals surface area contributed by atoms with Crippen LogP contribution in [0, 0.1) is 5.82 Å². The van der Waals surface area contributed by atoms with E-state index in [0.29, 0.717) is 34.3 Å². The van der Waals surface area contributed by atoms with Crippen molar-refractivity contribution in [2.24, 2.45) is 0 Å². The van der Waals surface area contributed by atoms with Crippen LogP contribution in [0.15, 0.2) is 55.5 Å². The van der Waals surface area contributed by atoms with Crippen molar-refractivity contribution in [2.75, 3.05) is 5.32 Å². The zero-order chi connectivity index (χ0) is 24.5. The van der Waals surface area contributed by atoms with Gasteiger partial charge in [0.25, 0.3) is 0 Å². The van der Waals surface area contributed by atoms with Crippen molar-refractivity contribution in [2.45, 2.75) is 38.8 Å². The van der Waals surface area contributed by atoms with Crippen molar-refractivity contribution in [1.82, 2.24) is 19.9 Å². The minimum Gasteiger partial charge on any atom is -0.382 e. The van der Waals surface area contributed by atoms with Gasteiger partial charge in [-0.1, -0.05) is 31.2 Å². The maximum atomic E-state index is 14.6. The van der Waals surface area contributed by atoms with Gasteiger partial charge in [-0.2, -0.15) is 0 Å². The molecule has 0 fully saturated rings. The zero-order valence-corrected chi connectivity index (χ0v) is 19.9. The van der Waals surface area contributed by atoms with Crippen molar-refractivity contribution in [1.29, 1.82) is 0 Å². The third-order valence-corrected chi connectivity index (χ3v) is 5.80. The van der Waals surface area contributed by atoms with Gasteiger partial charge in [-0.25, -0.2) is 19.3 Å². The van der Waals surface area contributed by atoms with Gasteiger partial charge in [-0.3, -0.25) is 4.98 Å². The van der Waals surface area contributed by atoms with Gasteiger partial charge >= 0.3 is 0 Å². The summed E-state index contributed by atoms with van der Waals surface area (Å²) in [6.45, 7) is 8.94. The van der Waals surface area contributed by atoms with Crippen LogP contribution in [0.1, 0.15) is 50.4 Å². The number of halogens is 2. The standard InChI is InChI=1S/C26H25ClFN5O/c1-5-17-8-9-20(28)24(32-17)21(6-2)33-23-18-11-15(7-10-22(18)29-14-19(23)27)16-12-30-25(31-13-16)26(3,4)34/h5,7-14,21,34H,1,6H2,2-4H3,(H,29,33). The molecule has 0 amide bonds. The van der Waals surface area contributed by atoms with Gasteiger partial charge in [-0.05, 0) is 56.2 Å². The smallest absolute Gasteiger partial charge is 0.159 e. The first-order chi connectivity index (χ1) is 16.2. The first kappa shape index (κ1) is 23.7. The number of rotatable bonds is 7. The fraction of sp³-hybridized carbons (Fsp3) is 0.231. The largest absolute Gasteiger partial charge is 0.382 e. The minimum atomic E-state index is -1.13. The molecule has 4 rings (SSSR count). The maximum absolute atomic E-state index is 14.6. The number of aliphatic hydroxyl groups is 1. The second-order valence-corrected chi connectivity index (χ2v) is 8.89. The lowest BCUT2D eigenvalue weighted by Crippen LogP contribution is -2.19. The van der Waals surface area contributed by atoms with Gasteiger partial charge in [0.15, 0.2) is 5.82 Å². The monoisotopic (exact) mass is 477 g/mol. The van der Waals surface area contributed by atoms with E-state index in [1.165, 1.54) is 6.07 Å². The lowest BCUT2D eigenvalue weighted by atomic mass is 10.0. The first-order valence-electron chi connectivity index (χ1n) is 10.9. The molecule has 0 aliphatic rings. The van der Waals surface area contributed by atoms with Gasteiger partial charge in [0.2, 0.25) is 0 Å². The van der Waals surface area contributed by atoms with Crippen LogP contribution in [0.5, 0.6) is 0 Å². The van der Waals surface area contributed by atoms with Crippen LogP contribution in [0.4, 0.5) is 10.1 Å². The van der Waals surface area contributed by atoms with E-state index in [2.05, 4.69) is 31.8 Å². The summed E-state index contributed by atoms with van der Waals surface area (Å²) in [6, 6.07) is 8.31. The number of hydrogen-bond donors (Lipinski definition) is 2. The predicted molar refractivity (Wildman–Crippen MR) is 134 cm³/mol. The van der Waals surface area contributed by atoms with E-state index in [1.54, 1.807) is 44.6 Å². The molecule has 3 heterocycles. The third kappa shape index (κ3) is 4.76. The highest BCUT2D eigenvalue weighted by Crippen LogP contribution is 2.36. The molecule has 1 unspecified atom stereocenters. The molecular weight excluding hydrogens is 453 g/mol. The van der Waals surface area contributed by atoms with Crippen molar-refractivity contribution in [3.05, 3.63) is 83.6 Å². The quantitative estimate of drug-likeness (QED) is 0.324. The van der Waals surface area contributed by atoms with Crippen molar-refractivity contribution >= 4 is 34.3 Å². The molecule has 3 aromatic heterocycles. The first-order valence-corrected chi connectivity index (χ1v) is 11.3. The van der Waals surface area contributed by atoms with Gasteiger partial charge in [-0.15, -0.1) is 0 Å². The van der Waals surface area contributed by atoms with Crippen molar-refractivity contribution in [3.63, 3.8) is 0 Å². The predicted octanol–water partition coefficient (Wildman–Crippen LogP) is 6.31. The summed E-state index contributed by atoms with van der Waals surface area (Å²) in [6.07, 6.45) is 7.07. The molecule has 2 N–H and O–H groups in total. The van der Waals surface area contributed by atoms with Crippen LogP contribution >= 0.6 is 11.6 Å². The molecule has 0 saturated carbocycles. The fourth-order valence-corrected chi connectivity index (χ4v) is 3.86. The number of hydrogen-bond acceptors (Lipinski definition) is 6. The summed E-state index contributed by atoms with van der Waals surface area (Å²) in [4.78, 5) is 17.4. The van der Waals surface area contributed by atoms with Crippen LogP contribution in [0.2, 0.25) is 5.02 Å². The van der Waals surface area contributed by atoms with Crippen molar-refractivity contribution < 1.29 is 9.50 Å². The summed E-state index contributed by atoms with van der Waals surface area (Å²) in [7, 11) is 0. The Morgan fingerprint density at radius 2 is 1.85 bits per heavy atom. The second kappa shape index (κ2) is 9.44. The molecule has 0 radical (unpaired) electrons. The second-order valence-electron chi connectivity index (χ2n) is 8.48. The Hall–Kier alpha value is -3.42. The Morgan fingerprint density at radius 1 is 1.12 bits per heavy atom. The number of anilines is 1. The fourth-order valence-electron chi connectivity index (χ4n) is 3.66. The van der Waals surface area contributed by atoms with E-state index in [4.69, 9.17) is 11.6 Å². The Bertz CT molecular complexity index is 1350. The van der Waals surface area contributed by atoms with E-state index >= 15 is 0 Å². The molecule has 4 aromatic rings. The summed E-state index contributed by atoms with van der Waals surface area (Å²) < 4.78 is 14.6. The van der Waals surface area contributed by atoms with Gasteiger partial charge in [0, 0.05) is 29.5 Å². The topological polar surface area (TPSA) is 83.8 Å². The minimum absolute atomic E-state index is 0.299. The average molecular weight is 478 g/mol. The number of aromatic nitrogens is 4. The van der Waals surface area contributed by atoms with Gasteiger partial charge < -0.3 is 10.4 Å². The van der Waals surface area contributed by atoms with E-state index < -0.39 is 17.5 Å². The molecule has 0 spiro atoms. The maximum Gasteiger partial charge on any atom is 0.159 e. The lowest BCUT2D eigenvalue weighted by Gasteiger charge is -2.21. The van der Waals surface area contributed by atoms with E-state index in [0.717, 1.165) is 22.0 Å². The Kier molecular flexibility index (Phi) is 6.59. The molecule has 174 valence electrons. The van der Waals surface area contributed by atoms with Crippen LogP contribution in [-0.4, -0.2) is 25.0 Å². The summed E-state index contributed by atoms with van der Waals surface area (Å²) in [5.41, 5.74) is 2.77. The number of pyridine rings is 2. The van der Waals surface area contributed by atoms with Crippen LogP contribution in [0.25, 0.3) is 28.1 Å². The average Bonchev–Trinajstić information content (AvgIpc) is 2.83. The molecule has 0 aliphatic heterocycles.